The van der Waals surface area contributed by atoms with Crippen LogP contribution in [0, 0.1) is 13.8 Å². The molecule has 6 heteroatoms. The molecule has 0 spiro atoms. The van der Waals surface area contributed by atoms with E-state index >= 15 is 0 Å². The molecule has 14 aromatic rings. The molecule has 0 bridgehead atoms. The average molecular weight is 1160 g/mol. The minimum Gasteiger partial charge on any atom is -0.457 e. The monoisotopic (exact) mass is 1160 g/mol. The van der Waals surface area contributed by atoms with Crippen molar-refractivity contribution in [2.24, 2.45) is 0 Å². The van der Waals surface area contributed by atoms with Crippen LogP contribution in [-0.2, 0) is 0 Å². The second-order valence-electron chi connectivity index (χ2n) is 23.1. The van der Waals surface area contributed by atoms with E-state index in [9.17, 15) is 0 Å². The second-order valence-corrected chi connectivity index (χ2v) is 25.6. The van der Waals surface area contributed by atoms with Crippen LogP contribution in [0.5, 0.6) is 23.0 Å². The number of hydrogen-bond acceptors (Lipinski definition) is 6. The molecule has 3 aliphatic rings. The summed E-state index contributed by atoms with van der Waals surface area (Å²) in [6, 6.07) is 88.3. The maximum absolute atomic E-state index is 6.93. The largest absolute Gasteiger partial charge is 0.457 e. The van der Waals surface area contributed by atoms with Crippen molar-refractivity contribution in [3.05, 3.63) is 264 Å². The summed E-state index contributed by atoms with van der Waals surface area (Å²) in [5.74, 6) is 3.35. The van der Waals surface area contributed by atoms with Gasteiger partial charge < -0.3 is 18.9 Å². The minimum absolute atomic E-state index is 0.103. The van der Waals surface area contributed by atoms with Crippen molar-refractivity contribution < 1.29 is 18.9 Å². The molecule has 0 saturated heterocycles. The number of rotatable bonds is 8. The normalized spacial score (nSPS) is 13.5. The molecule has 1 aliphatic carbocycles. The molecule has 4 nitrogen and oxygen atoms in total. The molecule has 0 atom stereocenters. The highest BCUT2D eigenvalue weighted by Crippen LogP contribution is 2.57. The van der Waals surface area contributed by atoms with Crippen LogP contribution in [0.4, 0.5) is 0 Å². The van der Waals surface area contributed by atoms with Gasteiger partial charge in [-0.1, -0.05) is 182 Å². The van der Waals surface area contributed by atoms with Crippen molar-refractivity contribution in [2.45, 2.75) is 33.1 Å². The fourth-order valence-corrected chi connectivity index (χ4v) is 16.1. The maximum atomic E-state index is 6.93. The van der Waals surface area contributed by atoms with E-state index in [2.05, 4.69) is 257 Å². The third-order valence-corrected chi connectivity index (χ3v) is 20.3. The van der Waals surface area contributed by atoms with Gasteiger partial charge in [0, 0.05) is 52.9 Å². The summed E-state index contributed by atoms with van der Waals surface area (Å²) < 4.78 is 27.1. The molecule has 0 fully saturated rings. The van der Waals surface area contributed by atoms with Gasteiger partial charge in [0.2, 0.25) is 13.6 Å². The lowest BCUT2D eigenvalue weighted by molar-refractivity contribution is 0.125. The van der Waals surface area contributed by atoms with Crippen LogP contribution in [0.2, 0.25) is 0 Å². The predicted molar refractivity (Wildman–Crippen MR) is 365 cm³/mol. The highest BCUT2D eigenvalue weighted by molar-refractivity contribution is 7.16. The second kappa shape index (κ2) is 20.9. The number of thiophene rings is 2. The van der Waals surface area contributed by atoms with Crippen LogP contribution < -0.4 is 18.9 Å². The van der Waals surface area contributed by atoms with Gasteiger partial charge in [-0.3, -0.25) is 0 Å². The first-order chi connectivity index (χ1) is 42.9. The molecule has 0 N–H and O–H groups in total. The lowest BCUT2D eigenvalue weighted by Crippen LogP contribution is -2.04. The fourth-order valence-electron chi connectivity index (χ4n) is 14.0. The van der Waals surface area contributed by atoms with E-state index in [0.29, 0.717) is 0 Å². The van der Waals surface area contributed by atoms with Gasteiger partial charge in [-0.2, -0.15) is 0 Å². The third kappa shape index (κ3) is 8.76. The smallest absolute Gasteiger partial charge is 0.230 e. The van der Waals surface area contributed by atoms with Crippen molar-refractivity contribution >= 4 is 76.9 Å². The Labute approximate surface area is 513 Å². The number of ether oxygens (including phenoxy) is 4. The molecular formula is C81H56O4S2. The first kappa shape index (κ1) is 51.4. The molecule has 0 saturated carbocycles. The van der Waals surface area contributed by atoms with Crippen LogP contribution in [0.3, 0.4) is 0 Å². The van der Waals surface area contributed by atoms with Gasteiger partial charge in [0.1, 0.15) is 23.0 Å². The van der Waals surface area contributed by atoms with E-state index in [-0.39, 0.29) is 13.6 Å². The van der Waals surface area contributed by atoms with Crippen LogP contribution >= 0.6 is 22.7 Å². The minimum atomic E-state index is 0.103. The number of fused-ring (bicyclic) bond motifs is 14. The Hall–Kier alpha value is -9.98. The lowest BCUT2D eigenvalue weighted by Gasteiger charge is -2.18. The summed E-state index contributed by atoms with van der Waals surface area (Å²) in [6.07, 6.45) is 3.10. The Morgan fingerprint density at radius 1 is 0.287 bits per heavy atom. The molecule has 17 rings (SSSR count). The summed E-state index contributed by atoms with van der Waals surface area (Å²) in [5, 5.41) is 9.14. The molecule has 87 heavy (non-hydrogen) atoms. The Balaban J connectivity index is 0.816. The van der Waals surface area contributed by atoms with Crippen molar-refractivity contribution in [3.63, 3.8) is 0 Å². The lowest BCUT2D eigenvalue weighted by atomic mass is 9.88. The van der Waals surface area contributed by atoms with Gasteiger partial charge in [-0.15, -0.1) is 22.7 Å². The molecule has 416 valence electrons. The maximum Gasteiger partial charge on any atom is 0.230 e. The van der Waals surface area contributed by atoms with E-state index in [4.69, 9.17) is 18.9 Å². The van der Waals surface area contributed by atoms with Gasteiger partial charge in [0.25, 0.3) is 0 Å². The van der Waals surface area contributed by atoms with E-state index in [0.717, 1.165) is 119 Å². The van der Waals surface area contributed by atoms with E-state index < -0.39 is 0 Å². The Morgan fingerprint density at radius 3 is 1.00 bits per heavy atom. The van der Waals surface area contributed by atoms with Crippen molar-refractivity contribution in [1.29, 1.82) is 0 Å². The predicted octanol–water partition coefficient (Wildman–Crippen LogP) is 22.9. The fraction of sp³-hybridized carbons (Fsp3) is 0.0864. The summed E-state index contributed by atoms with van der Waals surface area (Å²) in [4.78, 5) is 4.96. The molecule has 0 unspecified atom stereocenters. The number of aryl methyl sites for hydroxylation is 2. The van der Waals surface area contributed by atoms with Gasteiger partial charge in [0.15, 0.2) is 0 Å². The van der Waals surface area contributed by atoms with E-state index in [1.807, 2.05) is 22.7 Å². The summed E-state index contributed by atoms with van der Waals surface area (Å²) in [5.41, 5.74) is 21.4. The van der Waals surface area contributed by atoms with Crippen molar-refractivity contribution in [1.82, 2.24) is 0 Å². The molecule has 4 heterocycles. The highest BCUT2D eigenvalue weighted by Gasteiger charge is 2.31. The number of allylic oxidation sites excluding steroid dienone is 2. The quantitative estimate of drug-likeness (QED) is 0.152. The van der Waals surface area contributed by atoms with Gasteiger partial charge >= 0.3 is 0 Å². The summed E-state index contributed by atoms with van der Waals surface area (Å²) in [6.45, 7) is 4.82. The first-order valence-electron chi connectivity index (χ1n) is 30.0. The third-order valence-electron chi connectivity index (χ3n) is 18.1. The van der Waals surface area contributed by atoms with Gasteiger partial charge in [0.05, 0.1) is 0 Å². The standard InChI is InChI=1S/C81H56O4S2/c1-48-68(44-74(86-48)70-42-60-40-56(52-20-11-5-12-21-52)28-34-64(60)78-76-62-32-26-54(50-16-7-3-8-17-50)38-58(62)30-36-72(76)82-46-84-80(70)78)66-24-15-25-67(66)69-45-75(87-49(69)2)71-43-61-41-57(53-22-13-6-14-23-53)29-35-65(61)79-77-63-33-27-55(51-18-9-4-10-19-51)39-59(63)31-37-73(77)83-47-85-81(71)79/h3-14,16-23,26-45H,15,24-25,46-47H2,1-2H3. The molecule has 2 aromatic heterocycles. The van der Waals surface area contributed by atoms with Crippen LogP contribution in [0.25, 0.3) is 142 Å². The molecular weight excluding hydrogens is 1100 g/mol. The Kier molecular flexibility index (Phi) is 12.4. The number of benzene rings is 12. The zero-order valence-corrected chi connectivity index (χ0v) is 49.7. The molecule has 12 aromatic carbocycles. The molecule has 0 amide bonds. The SMILES string of the molecule is Cc1sc(-c2cc3cc(-c4ccccc4)ccc3c3c2OCOc2ccc4cc(-c5ccccc5)ccc4c2-3)cc1C1=C(c2cc(-c3cc4cc(-c5ccccc5)ccc4c4c3OCOc3ccc5cc(-c6ccccc6)ccc5c3-4)sc2C)CCC1. The zero-order chi connectivity index (χ0) is 57.7. The first-order valence-corrected chi connectivity index (χ1v) is 31.6. The Bertz CT molecular complexity index is 4810. The van der Waals surface area contributed by atoms with Crippen LogP contribution in [0.1, 0.15) is 40.1 Å². The van der Waals surface area contributed by atoms with Gasteiger partial charge in [-0.05, 0) is 204 Å². The summed E-state index contributed by atoms with van der Waals surface area (Å²) in [7, 11) is 0. The molecule has 0 radical (unpaired) electrons. The zero-order valence-electron chi connectivity index (χ0n) is 48.1. The highest BCUT2D eigenvalue weighted by atomic mass is 32.1. The van der Waals surface area contributed by atoms with Crippen molar-refractivity contribution in [2.75, 3.05) is 13.6 Å². The van der Waals surface area contributed by atoms with Gasteiger partial charge in [-0.25, -0.2) is 0 Å². The van der Waals surface area contributed by atoms with Crippen LogP contribution in [-0.4, -0.2) is 13.6 Å². The average Bonchev–Trinajstić information content (AvgIpc) is 2.18. The molecule has 2 aliphatic heterocycles. The van der Waals surface area contributed by atoms with Crippen molar-refractivity contribution in [3.8, 4) is 111 Å². The topological polar surface area (TPSA) is 36.9 Å². The van der Waals surface area contributed by atoms with E-state index in [1.165, 1.54) is 86.3 Å². The van der Waals surface area contributed by atoms with Crippen LogP contribution in [0.15, 0.2) is 243 Å². The van der Waals surface area contributed by atoms with E-state index in [1.54, 1.807) is 0 Å². The Morgan fingerprint density at radius 2 is 0.632 bits per heavy atom. The summed E-state index contributed by atoms with van der Waals surface area (Å²) >= 11 is 3.73. The number of hydrogen-bond donors (Lipinski definition) is 0.